The largest absolute Gasteiger partial charge is 0.384 e. The minimum absolute atomic E-state index is 0.242. The number of imidazole rings is 1. The molecule has 112 valence electrons. The third-order valence-corrected chi connectivity index (χ3v) is 4.18. The van der Waals surface area contributed by atoms with Crippen LogP contribution >= 0.6 is 0 Å². The van der Waals surface area contributed by atoms with Crippen molar-refractivity contribution in [3.63, 3.8) is 0 Å². The van der Waals surface area contributed by atoms with Crippen LogP contribution in [0.5, 0.6) is 0 Å². The topological polar surface area (TPSA) is 53.1 Å². The van der Waals surface area contributed by atoms with Gasteiger partial charge in [0.1, 0.15) is 5.82 Å². The average molecular weight is 285 g/mol. The number of rotatable bonds is 4. The van der Waals surface area contributed by atoms with Crippen LogP contribution in [-0.2, 0) is 17.7 Å². The summed E-state index contributed by atoms with van der Waals surface area (Å²) in [5.41, 5.74) is 9.60. The van der Waals surface area contributed by atoms with Crippen LogP contribution < -0.4 is 5.73 Å². The van der Waals surface area contributed by atoms with E-state index in [9.17, 15) is 0 Å². The molecule has 0 saturated carbocycles. The summed E-state index contributed by atoms with van der Waals surface area (Å²) in [5.74, 6) is 1.60. The van der Waals surface area contributed by atoms with Crippen LogP contribution in [0.1, 0.15) is 30.7 Å². The average Bonchev–Trinajstić information content (AvgIpc) is 2.90. The van der Waals surface area contributed by atoms with Gasteiger partial charge in [0.05, 0.1) is 12.3 Å². The van der Waals surface area contributed by atoms with Crippen LogP contribution in [0, 0.1) is 0 Å². The summed E-state index contributed by atoms with van der Waals surface area (Å²) in [4.78, 5) is 4.81. The van der Waals surface area contributed by atoms with Gasteiger partial charge in [0.15, 0.2) is 0 Å². The zero-order chi connectivity index (χ0) is 14.8. The second-order valence-electron chi connectivity index (χ2n) is 5.97. The number of nitrogens with two attached hydrogens (primary N) is 1. The van der Waals surface area contributed by atoms with Crippen molar-refractivity contribution in [1.82, 2.24) is 9.55 Å². The van der Waals surface area contributed by atoms with Crippen LogP contribution in [0.3, 0.4) is 0 Å². The fourth-order valence-electron chi connectivity index (χ4n) is 3.06. The van der Waals surface area contributed by atoms with E-state index in [1.54, 1.807) is 7.11 Å². The minimum Gasteiger partial charge on any atom is -0.384 e. The zero-order valence-corrected chi connectivity index (χ0v) is 12.7. The van der Waals surface area contributed by atoms with Gasteiger partial charge in [-0.3, -0.25) is 0 Å². The Labute approximate surface area is 125 Å². The molecule has 1 aliphatic heterocycles. The maximum atomic E-state index is 6.09. The summed E-state index contributed by atoms with van der Waals surface area (Å²) in [5, 5.41) is 0. The van der Waals surface area contributed by atoms with Gasteiger partial charge >= 0.3 is 0 Å². The summed E-state index contributed by atoms with van der Waals surface area (Å²) in [6, 6.07) is 8.84. The SMILES string of the molecule is COCCc1ccc(-c2cn3c(n2)C(C)CC(N)C3)cc1. The van der Waals surface area contributed by atoms with E-state index in [-0.39, 0.29) is 6.04 Å². The van der Waals surface area contributed by atoms with E-state index in [0.29, 0.717) is 5.92 Å². The standard InChI is InChI=1S/C17H23N3O/c1-12-9-15(18)10-20-11-16(19-17(12)20)14-5-3-13(4-6-14)7-8-21-2/h3-6,11-12,15H,7-10,18H2,1-2H3. The highest BCUT2D eigenvalue weighted by molar-refractivity contribution is 5.59. The van der Waals surface area contributed by atoms with Gasteiger partial charge in [0.2, 0.25) is 0 Å². The van der Waals surface area contributed by atoms with Gasteiger partial charge in [-0.2, -0.15) is 0 Å². The molecule has 21 heavy (non-hydrogen) atoms. The summed E-state index contributed by atoms with van der Waals surface area (Å²) in [6.45, 7) is 3.83. The molecule has 1 aromatic heterocycles. The van der Waals surface area contributed by atoms with Crippen molar-refractivity contribution in [2.75, 3.05) is 13.7 Å². The lowest BCUT2D eigenvalue weighted by atomic mass is 9.98. The number of hydrogen-bond donors (Lipinski definition) is 1. The number of aromatic nitrogens is 2. The Hall–Kier alpha value is -1.65. The first-order chi connectivity index (χ1) is 10.2. The number of nitrogens with zero attached hydrogens (tertiary/aromatic N) is 2. The van der Waals surface area contributed by atoms with Crippen LogP contribution in [-0.4, -0.2) is 29.3 Å². The van der Waals surface area contributed by atoms with Crippen molar-refractivity contribution in [2.45, 2.75) is 38.3 Å². The lowest BCUT2D eigenvalue weighted by molar-refractivity contribution is 0.202. The molecule has 0 radical (unpaired) electrons. The maximum absolute atomic E-state index is 6.09. The molecule has 3 rings (SSSR count). The normalized spacial score (nSPS) is 21.3. The molecule has 2 atom stereocenters. The molecule has 0 amide bonds. The molecular formula is C17H23N3O. The van der Waals surface area contributed by atoms with Crippen LogP contribution in [0.4, 0.5) is 0 Å². The molecule has 2 heterocycles. The smallest absolute Gasteiger partial charge is 0.112 e. The number of methoxy groups -OCH3 is 1. The molecule has 4 nitrogen and oxygen atoms in total. The highest BCUT2D eigenvalue weighted by atomic mass is 16.5. The van der Waals surface area contributed by atoms with Crippen LogP contribution in [0.25, 0.3) is 11.3 Å². The van der Waals surface area contributed by atoms with Crippen molar-refractivity contribution in [3.05, 3.63) is 41.9 Å². The van der Waals surface area contributed by atoms with Gasteiger partial charge in [-0.05, 0) is 18.4 Å². The number of fused-ring (bicyclic) bond motifs is 1. The van der Waals surface area contributed by atoms with Gasteiger partial charge in [-0.25, -0.2) is 4.98 Å². The Balaban J connectivity index is 1.83. The molecule has 0 fully saturated rings. The van der Waals surface area contributed by atoms with E-state index in [1.165, 1.54) is 11.1 Å². The number of benzene rings is 1. The van der Waals surface area contributed by atoms with E-state index in [4.69, 9.17) is 15.5 Å². The van der Waals surface area contributed by atoms with Gasteiger partial charge in [-0.1, -0.05) is 31.2 Å². The molecular weight excluding hydrogens is 262 g/mol. The molecule has 0 aliphatic carbocycles. The lowest BCUT2D eigenvalue weighted by Crippen LogP contribution is -2.33. The molecule has 1 aromatic carbocycles. The Morgan fingerprint density at radius 3 is 2.81 bits per heavy atom. The second kappa shape index (κ2) is 6.00. The Bertz CT molecular complexity index is 603. The Morgan fingerprint density at radius 2 is 2.10 bits per heavy atom. The third kappa shape index (κ3) is 3.01. The van der Waals surface area contributed by atoms with Crippen molar-refractivity contribution in [3.8, 4) is 11.3 Å². The van der Waals surface area contributed by atoms with Crippen molar-refractivity contribution in [1.29, 1.82) is 0 Å². The fourth-order valence-corrected chi connectivity index (χ4v) is 3.06. The van der Waals surface area contributed by atoms with E-state index in [2.05, 4.69) is 42.0 Å². The predicted octanol–water partition coefficient (Wildman–Crippen LogP) is 2.57. The molecule has 0 bridgehead atoms. The first-order valence-electron chi connectivity index (χ1n) is 7.58. The number of hydrogen-bond acceptors (Lipinski definition) is 3. The number of ether oxygens (including phenoxy) is 1. The Kier molecular flexibility index (Phi) is 4.08. The predicted molar refractivity (Wildman–Crippen MR) is 84.3 cm³/mol. The monoisotopic (exact) mass is 285 g/mol. The molecule has 1 aliphatic rings. The molecule has 0 saturated heterocycles. The summed E-state index contributed by atoms with van der Waals surface area (Å²) in [7, 11) is 1.73. The summed E-state index contributed by atoms with van der Waals surface area (Å²) in [6.07, 6.45) is 4.10. The molecule has 2 aromatic rings. The van der Waals surface area contributed by atoms with Gasteiger partial charge in [0.25, 0.3) is 0 Å². The minimum atomic E-state index is 0.242. The zero-order valence-electron chi connectivity index (χ0n) is 12.7. The summed E-state index contributed by atoms with van der Waals surface area (Å²) < 4.78 is 7.33. The molecule has 2 N–H and O–H groups in total. The second-order valence-corrected chi connectivity index (χ2v) is 5.97. The van der Waals surface area contributed by atoms with Crippen molar-refractivity contribution >= 4 is 0 Å². The molecule has 0 spiro atoms. The third-order valence-electron chi connectivity index (χ3n) is 4.18. The van der Waals surface area contributed by atoms with Gasteiger partial charge in [-0.15, -0.1) is 0 Å². The van der Waals surface area contributed by atoms with E-state index >= 15 is 0 Å². The lowest BCUT2D eigenvalue weighted by Gasteiger charge is -2.25. The maximum Gasteiger partial charge on any atom is 0.112 e. The van der Waals surface area contributed by atoms with E-state index < -0.39 is 0 Å². The van der Waals surface area contributed by atoms with Gasteiger partial charge < -0.3 is 15.0 Å². The van der Waals surface area contributed by atoms with Crippen LogP contribution in [0.15, 0.2) is 30.5 Å². The fraction of sp³-hybridized carbons (Fsp3) is 0.471. The highest BCUT2D eigenvalue weighted by Gasteiger charge is 2.24. The first kappa shape index (κ1) is 14.3. The highest BCUT2D eigenvalue weighted by Crippen LogP contribution is 2.29. The first-order valence-corrected chi connectivity index (χ1v) is 7.58. The quantitative estimate of drug-likeness (QED) is 0.939. The van der Waals surface area contributed by atoms with Crippen molar-refractivity contribution < 1.29 is 4.74 Å². The Morgan fingerprint density at radius 1 is 1.33 bits per heavy atom. The van der Waals surface area contributed by atoms with Gasteiger partial charge in [0, 0.05) is 37.4 Å². The molecule has 2 unspecified atom stereocenters. The van der Waals surface area contributed by atoms with E-state index in [0.717, 1.165) is 37.5 Å². The van der Waals surface area contributed by atoms with E-state index in [1.807, 2.05) is 0 Å². The van der Waals surface area contributed by atoms with Crippen LogP contribution in [0.2, 0.25) is 0 Å². The van der Waals surface area contributed by atoms with Crippen molar-refractivity contribution in [2.24, 2.45) is 5.73 Å². The summed E-state index contributed by atoms with van der Waals surface area (Å²) >= 11 is 0. The molecule has 4 heteroatoms.